The number of aryl methyl sites for hydroxylation is 1. The maximum Gasteiger partial charge on any atom is 0.161 e. The molecule has 0 fully saturated rings. The van der Waals surface area contributed by atoms with E-state index in [9.17, 15) is 0 Å². The van der Waals surface area contributed by atoms with E-state index < -0.39 is 0 Å². The highest BCUT2D eigenvalue weighted by Crippen LogP contribution is 2.28. The summed E-state index contributed by atoms with van der Waals surface area (Å²) in [6, 6.07) is 11.2. The molecule has 0 unspecified atom stereocenters. The van der Waals surface area contributed by atoms with Crippen molar-refractivity contribution in [1.82, 2.24) is 0 Å². The number of hydrogen-bond donors (Lipinski definition) is 1. The monoisotopic (exact) mass is 321 g/mol. The summed E-state index contributed by atoms with van der Waals surface area (Å²) in [7, 11) is 1.61. The van der Waals surface area contributed by atoms with Gasteiger partial charge in [-0.15, -0.1) is 0 Å². The summed E-state index contributed by atoms with van der Waals surface area (Å²) in [5.41, 5.74) is 7.59. The van der Waals surface area contributed by atoms with Crippen molar-refractivity contribution in [3.63, 3.8) is 0 Å². The molecule has 22 heavy (non-hydrogen) atoms. The van der Waals surface area contributed by atoms with Crippen LogP contribution < -0.4 is 19.9 Å². The van der Waals surface area contributed by atoms with E-state index in [1.54, 1.807) is 7.11 Å². The maximum absolute atomic E-state index is 5.98. The largest absolute Gasteiger partial charge is 0.493 e. The standard InChI is InChI=1S/C17H20ClNO3/c1-12-9-14(4-5-15(12)18)21-7-8-22-16-6-3-13(11-19)10-17(16)20-2/h3-6,9-10H,7-8,11,19H2,1-2H3. The van der Waals surface area contributed by atoms with Gasteiger partial charge in [0.05, 0.1) is 7.11 Å². The SMILES string of the molecule is COc1cc(CN)ccc1OCCOc1ccc(Cl)c(C)c1. The lowest BCUT2D eigenvalue weighted by Crippen LogP contribution is -2.10. The molecule has 0 saturated carbocycles. The van der Waals surface area contributed by atoms with Crippen LogP contribution >= 0.6 is 11.6 Å². The molecule has 4 nitrogen and oxygen atoms in total. The minimum absolute atomic E-state index is 0.417. The normalized spacial score (nSPS) is 10.4. The van der Waals surface area contributed by atoms with Crippen molar-refractivity contribution in [2.75, 3.05) is 20.3 Å². The second-order valence-corrected chi connectivity index (χ2v) is 5.20. The summed E-state index contributed by atoms with van der Waals surface area (Å²) in [6.07, 6.45) is 0. The Labute approximate surface area is 135 Å². The summed E-state index contributed by atoms with van der Waals surface area (Å²) in [5, 5.41) is 0.730. The summed E-state index contributed by atoms with van der Waals surface area (Å²) in [5.74, 6) is 2.12. The molecule has 5 heteroatoms. The van der Waals surface area contributed by atoms with Crippen molar-refractivity contribution < 1.29 is 14.2 Å². The molecule has 0 aliphatic carbocycles. The molecule has 0 saturated heterocycles. The number of methoxy groups -OCH3 is 1. The average Bonchev–Trinajstić information content (AvgIpc) is 2.54. The minimum atomic E-state index is 0.417. The second-order valence-electron chi connectivity index (χ2n) is 4.80. The molecule has 0 aliphatic rings. The smallest absolute Gasteiger partial charge is 0.161 e. The zero-order valence-electron chi connectivity index (χ0n) is 12.8. The lowest BCUT2D eigenvalue weighted by Gasteiger charge is -2.12. The highest BCUT2D eigenvalue weighted by atomic mass is 35.5. The summed E-state index contributed by atoms with van der Waals surface area (Å²) < 4.78 is 16.6. The molecule has 2 rings (SSSR count). The lowest BCUT2D eigenvalue weighted by molar-refractivity contribution is 0.211. The first-order chi connectivity index (χ1) is 10.6. The van der Waals surface area contributed by atoms with E-state index in [-0.39, 0.29) is 0 Å². The number of nitrogens with two attached hydrogens (primary N) is 1. The van der Waals surface area contributed by atoms with Crippen molar-refractivity contribution in [3.8, 4) is 17.2 Å². The zero-order valence-corrected chi connectivity index (χ0v) is 13.5. The Morgan fingerprint density at radius 1 is 1.00 bits per heavy atom. The third kappa shape index (κ3) is 4.29. The van der Waals surface area contributed by atoms with Gasteiger partial charge in [0, 0.05) is 11.6 Å². The van der Waals surface area contributed by atoms with Crippen LogP contribution in [0, 0.1) is 6.92 Å². The molecule has 0 atom stereocenters. The van der Waals surface area contributed by atoms with Crippen LogP contribution in [0.4, 0.5) is 0 Å². The molecular formula is C17H20ClNO3. The number of hydrogen-bond acceptors (Lipinski definition) is 4. The van der Waals surface area contributed by atoms with Gasteiger partial charge in [0.1, 0.15) is 19.0 Å². The van der Waals surface area contributed by atoms with Crippen LogP contribution in [-0.2, 0) is 6.54 Å². The van der Waals surface area contributed by atoms with Crippen molar-refractivity contribution in [1.29, 1.82) is 0 Å². The molecule has 0 heterocycles. The molecule has 0 radical (unpaired) electrons. The fourth-order valence-corrected chi connectivity index (χ4v) is 2.09. The van der Waals surface area contributed by atoms with Crippen molar-refractivity contribution >= 4 is 11.6 Å². The summed E-state index contributed by atoms with van der Waals surface area (Å²) in [6.45, 7) is 3.26. The van der Waals surface area contributed by atoms with Gasteiger partial charge in [0.2, 0.25) is 0 Å². The Hall–Kier alpha value is -1.91. The first kappa shape index (κ1) is 16.5. The van der Waals surface area contributed by atoms with Crippen molar-refractivity contribution in [3.05, 3.63) is 52.5 Å². The fraction of sp³-hybridized carbons (Fsp3) is 0.294. The van der Waals surface area contributed by atoms with E-state index in [1.807, 2.05) is 43.3 Å². The first-order valence-corrected chi connectivity index (χ1v) is 7.40. The summed E-state index contributed by atoms with van der Waals surface area (Å²) >= 11 is 5.98. The molecule has 2 aromatic carbocycles. The van der Waals surface area contributed by atoms with E-state index in [2.05, 4.69) is 0 Å². The van der Waals surface area contributed by atoms with E-state index in [1.165, 1.54) is 0 Å². The third-order valence-corrected chi connectivity index (χ3v) is 3.63. The molecule has 0 bridgehead atoms. The van der Waals surface area contributed by atoms with Crippen LogP contribution in [-0.4, -0.2) is 20.3 Å². The quantitative estimate of drug-likeness (QED) is 0.792. The highest BCUT2D eigenvalue weighted by Gasteiger charge is 2.05. The first-order valence-electron chi connectivity index (χ1n) is 7.02. The zero-order chi connectivity index (χ0) is 15.9. The Morgan fingerprint density at radius 3 is 2.45 bits per heavy atom. The van der Waals surface area contributed by atoms with Crippen LogP contribution in [0.15, 0.2) is 36.4 Å². The van der Waals surface area contributed by atoms with Gasteiger partial charge >= 0.3 is 0 Å². The van der Waals surface area contributed by atoms with Gasteiger partial charge < -0.3 is 19.9 Å². The second kappa shape index (κ2) is 7.92. The van der Waals surface area contributed by atoms with Gasteiger partial charge in [-0.25, -0.2) is 0 Å². The molecule has 118 valence electrons. The van der Waals surface area contributed by atoms with Gasteiger partial charge in [0.25, 0.3) is 0 Å². The van der Waals surface area contributed by atoms with E-state index >= 15 is 0 Å². The van der Waals surface area contributed by atoms with Crippen molar-refractivity contribution in [2.24, 2.45) is 5.73 Å². The number of benzene rings is 2. The Kier molecular flexibility index (Phi) is 5.92. The predicted octanol–water partition coefficient (Wildman–Crippen LogP) is 3.57. The van der Waals surface area contributed by atoms with Crippen LogP contribution in [0.3, 0.4) is 0 Å². The molecule has 2 N–H and O–H groups in total. The maximum atomic E-state index is 5.98. The van der Waals surface area contributed by atoms with E-state index in [0.717, 1.165) is 21.9 Å². The average molecular weight is 322 g/mol. The molecular weight excluding hydrogens is 302 g/mol. The van der Waals surface area contributed by atoms with E-state index in [4.69, 9.17) is 31.5 Å². The topological polar surface area (TPSA) is 53.7 Å². The number of rotatable bonds is 7. The van der Waals surface area contributed by atoms with Gasteiger partial charge in [-0.2, -0.15) is 0 Å². The van der Waals surface area contributed by atoms with Gasteiger partial charge in [0.15, 0.2) is 11.5 Å². The fourth-order valence-electron chi connectivity index (χ4n) is 1.98. The van der Waals surface area contributed by atoms with Crippen LogP contribution in [0.1, 0.15) is 11.1 Å². The minimum Gasteiger partial charge on any atom is -0.493 e. The van der Waals surface area contributed by atoms with Crippen molar-refractivity contribution in [2.45, 2.75) is 13.5 Å². The Balaban J connectivity index is 1.87. The molecule has 0 spiro atoms. The van der Waals surface area contributed by atoms with Gasteiger partial charge in [-0.3, -0.25) is 0 Å². The van der Waals surface area contributed by atoms with E-state index in [0.29, 0.717) is 31.3 Å². The molecule has 0 aromatic heterocycles. The van der Waals surface area contributed by atoms with Crippen LogP contribution in [0.25, 0.3) is 0 Å². The van der Waals surface area contributed by atoms with Gasteiger partial charge in [-0.05, 0) is 48.4 Å². The molecule has 2 aromatic rings. The number of halogens is 1. The number of ether oxygens (including phenoxy) is 3. The lowest BCUT2D eigenvalue weighted by atomic mass is 10.2. The Morgan fingerprint density at radius 2 is 1.77 bits per heavy atom. The molecule has 0 amide bonds. The molecule has 0 aliphatic heterocycles. The van der Waals surface area contributed by atoms with Crippen LogP contribution in [0.2, 0.25) is 5.02 Å². The van der Waals surface area contributed by atoms with Crippen LogP contribution in [0.5, 0.6) is 17.2 Å². The Bertz CT molecular complexity index is 631. The highest BCUT2D eigenvalue weighted by molar-refractivity contribution is 6.31. The predicted molar refractivity (Wildman–Crippen MR) is 88.1 cm³/mol. The van der Waals surface area contributed by atoms with Gasteiger partial charge in [-0.1, -0.05) is 17.7 Å². The third-order valence-electron chi connectivity index (χ3n) is 3.20. The summed E-state index contributed by atoms with van der Waals surface area (Å²) in [4.78, 5) is 0.